The number of carbonyl (C=O) groups is 1. The number of ether oxygens (including phenoxy) is 2. The molecule has 1 aliphatic heterocycles. The third-order valence-electron chi connectivity index (χ3n) is 4.35. The lowest BCUT2D eigenvalue weighted by Crippen LogP contribution is -2.36. The van der Waals surface area contributed by atoms with Crippen LogP contribution in [0.25, 0.3) is 0 Å². The minimum atomic E-state index is -0.169. The summed E-state index contributed by atoms with van der Waals surface area (Å²) in [6, 6.07) is 13.7. The molecule has 1 fully saturated rings. The van der Waals surface area contributed by atoms with Crippen LogP contribution in [0.4, 0.5) is 11.4 Å². The summed E-state index contributed by atoms with van der Waals surface area (Å²) in [4.78, 5) is 14.4. The molecule has 1 heterocycles. The standard InChI is InChI=1S/C20H24N2O3/c1-15-6-7-19(12-16(15)2)25-14-20(23)21-17-4-3-5-18(13-17)22-8-10-24-11-9-22/h3-7,12-13H,8-11,14H2,1-2H3,(H,21,23). The second-order valence-corrected chi connectivity index (χ2v) is 6.23. The Hall–Kier alpha value is -2.53. The molecule has 5 heteroatoms. The first kappa shape index (κ1) is 17.3. The number of aryl methyl sites for hydroxylation is 2. The number of anilines is 2. The third kappa shape index (κ3) is 4.73. The van der Waals surface area contributed by atoms with Crippen molar-refractivity contribution in [3.8, 4) is 5.75 Å². The molecule has 0 radical (unpaired) electrons. The summed E-state index contributed by atoms with van der Waals surface area (Å²) in [5, 5.41) is 2.90. The average Bonchev–Trinajstić information content (AvgIpc) is 2.64. The fourth-order valence-corrected chi connectivity index (χ4v) is 2.75. The summed E-state index contributed by atoms with van der Waals surface area (Å²) in [5.41, 5.74) is 4.22. The van der Waals surface area contributed by atoms with Crippen LogP contribution in [0.1, 0.15) is 11.1 Å². The van der Waals surface area contributed by atoms with E-state index in [1.807, 2.05) is 56.3 Å². The lowest BCUT2D eigenvalue weighted by molar-refractivity contribution is -0.118. The number of nitrogens with one attached hydrogen (secondary N) is 1. The second kappa shape index (κ2) is 8.03. The molecule has 2 aromatic carbocycles. The molecular formula is C20H24N2O3. The number of nitrogens with zero attached hydrogens (tertiary/aromatic N) is 1. The van der Waals surface area contributed by atoms with Gasteiger partial charge in [-0.05, 0) is 55.3 Å². The Kier molecular flexibility index (Phi) is 5.56. The van der Waals surface area contributed by atoms with Crippen LogP contribution in [0.3, 0.4) is 0 Å². The molecule has 0 atom stereocenters. The maximum Gasteiger partial charge on any atom is 0.262 e. The number of hydrogen-bond donors (Lipinski definition) is 1. The molecule has 1 aliphatic rings. The predicted molar refractivity (Wildman–Crippen MR) is 99.5 cm³/mol. The van der Waals surface area contributed by atoms with Crippen LogP contribution < -0.4 is 15.0 Å². The number of benzene rings is 2. The average molecular weight is 340 g/mol. The first-order chi connectivity index (χ1) is 12.1. The van der Waals surface area contributed by atoms with Crippen LogP contribution in [-0.2, 0) is 9.53 Å². The first-order valence-corrected chi connectivity index (χ1v) is 8.54. The summed E-state index contributed by atoms with van der Waals surface area (Å²) < 4.78 is 11.0. The van der Waals surface area contributed by atoms with Crippen LogP contribution >= 0.6 is 0 Å². The minimum absolute atomic E-state index is 0.00964. The van der Waals surface area contributed by atoms with Gasteiger partial charge in [0.2, 0.25) is 0 Å². The summed E-state index contributed by atoms with van der Waals surface area (Å²) in [7, 11) is 0. The van der Waals surface area contributed by atoms with E-state index in [0.29, 0.717) is 5.75 Å². The van der Waals surface area contributed by atoms with Crippen molar-refractivity contribution in [3.05, 3.63) is 53.6 Å². The van der Waals surface area contributed by atoms with Crippen molar-refractivity contribution in [2.75, 3.05) is 43.1 Å². The van der Waals surface area contributed by atoms with E-state index < -0.39 is 0 Å². The highest BCUT2D eigenvalue weighted by molar-refractivity contribution is 5.92. The molecule has 0 aliphatic carbocycles. The molecule has 0 spiro atoms. The molecule has 132 valence electrons. The van der Waals surface area contributed by atoms with Crippen molar-refractivity contribution >= 4 is 17.3 Å². The van der Waals surface area contributed by atoms with Crippen LogP contribution in [-0.4, -0.2) is 38.8 Å². The number of amides is 1. The molecule has 25 heavy (non-hydrogen) atoms. The van der Waals surface area contributed by atoms with E-state index in [0.717, 1.165) is 43.2 Å². The van der Waals surface area contributed by atoms with E-state index in [9.17, 15) is 4.79 Å². The highest BCUT2D eigenvalue weighted by Crippen LogP contribution is 2.21. The van der Waals surface area contributed by atoms with Gasteiger partial charge in [0.1, 0.15) is 5.75 Å². The van der Waals surface area contributed by atoms with Gasteiger partial charge >= 0.3 is 0 Å². The number of rotatable bonds is 5. The van der Waals surface area contributed by atoms with Gasteiger partial charge in [-0.1, -0.05) is 12.1 Å². The minimum Gasteiger partial charge on any atom is -0.484 e. The van der Waals surface area contributed by atoms with Gasteiger partial charge in [0.05, 0.1) is 13.2 Å². The van der Waals surface area contributed by atoms with Crippen LogP contribution in [0, 0.1) is 13.8 Å². The largest absolute Gasteiger partial charge is 0.484 e. The van der Waals surface area contributed by atoms with Gasteiger partial charge in [-0.15, -0.1) is 0 Å². The van der Waals surface area contributed by atoms with Crippen molar-refractivity contribution < 1.29 is 14.3 Å². The topological polar surface area (TPSA) is 50.8 Å². The van der Waals surface area contributed by atoms with E-state index >= 15 is 0 Å². The van der Waals surface area contributed by atoms with Gasteiger partial charge in [0, 0.05) is 24.5 Å². The van der Waals surface area contributed by atoms with Crippen molar-refractivity contribution in [2.24, 2.45) is 0 Å². The molecule has 3 rings (SSSR count). The zero-order chi connectivity index (χ0) is 17.6. The smallest absolute Gasteiger partial charge is 0.262 e. The summed E-state index contributed by atoms with van der Waals surface area (Å²) in [6.07, 6.45) is 0. The second-order valence-electron chi connectivity index (χ2n) is 6.23. The van der Waals surface area contributed by atoms with Crippen LogP contribution in [0.5, 0.6) is 5.75 Å². The van der Waals surface area contributed by atoms with Crippen LogP contribution in [0.2, 0.25) is 0 Å². The number of hydrogen-bond acceptors (Lipinski definition) is 4. The number of morpholine rings is 1. The molecule has 0 aromatic heterocycles. The fourth-order valence-electron chi connectivity index (χ4n) is 2.75. The fraction of sp³-hybridized carbons (Fsp3) is 0.350. The van der Waals surface area contributed by atoms with Crippen molar-refractivity contribution in [1.82, 2.24) is 0 Å². The Morgan fingerprint density at radius 3 is 2.68 bits per heavy atom. The first-order valence-electron chi connectivity index (χ1n) is 8.54. The molecule has 0 saturated carbocycles. The van der Waals surface area contributed by atoms with Gasteiger partial charge < -0.3 is 19.7 Å². The Balaban J connectivity index is 1.56. The highest BCUT2D eigenvalue weighted by atomic mass is 16.5. The zero-order valence-electron chi connectivity index (χ0n) is 14.7. The van der Waals surface area contributed by atoms with Gasteiger partial charge in [-0.3, -0.25) is 4.79 Å². The van der Waals surface area contributed by atoms with E-state index in [1.165, 1.54) is 5.56 Å². The maximum atomic E-state index is 12.2. The number of carbonyl (C=O) groups excluding carboxylic acids is 1. The normalized spacial score (nSPS) is 14.2. The van der Waals surface area contributed by atoms with Gasteiger partial charge in [-0.25, -0.2) is 0 Å². The monoisotopic (exact) mass is 340 g/mol. The Bertz CT molecular complexity index is 739. The highest BCUT2D eigenvalue weighted by Gasteiger charge is 2.12. The molecule has 1 amide bonds. The van der Waals surface area contributed by atoms with Gasteiger partial charge in [-0.2, -0.15) is 0 Å². The van der Waals surface area contributed by atoms with Crippen LogP contribution in [0.15, 0.2) is 42.5 Å². The van der Waals surface area contributed by atoms with Crippen molar-refractivity contribution in [1.29, 1.82) is 0 Å². The summed E-state index contributed by atoms with van der Waals surface area (Å²) >= 11 is 0. The quantitative estimate of drug-likeness (QED) is 0.908. The van der Waals surface area contributed by atoms with E-state index in [2.05, 4.69) is 10.2 Å². The lowest BCUT2D eigenvalue weighted by atomic mass is 10.1. The Labute approximate surface area is 148 Å². The van der Waals surface area contributed by atoms with Gasteiger partial charge in [0.15, 0.2) is 6.61 Å². The molecule has 2 aromatic rings. The van der Waals surface area contributed by atoms with Crippen molar-refractivity contribution in [2.45, 2.75) is 13.8 Å². The van der Waals surface area contributed by atoms with E-state index in [-0.39, 0.29) is 12.5 Å². The molecule has 1 saturated heterocycles. The predicted octanol–water partition coefficient (Wildman–Crippen LogP) is 3.16. The molecule has 0 unspecified atom stereocenters. The zero-order valence-corrected chi connectivity index (χ0v) is 14.7. The SMILES string of the molecule is Cc1ccc(OCC(=O)Nc2cccc(N3CCOCC3)c2)cc1C. The maximum absolute atomic E-state index is 12.2. The molecule has 0 bridgehead atoms. The Morgan fingerprint density at radius 1 is 1.12 bits per heavy atom. The molecular weight excluding hydrogens is 316 g/mol. The lowest BCUT2D eigenvalue weighted by Gasteiger charge is -2.29. The molecule has 5 nitrogen and oxygen atoms in total. The summed E-state index contributed by atoms with van der Waals surface area (Å²) in [5.74, 6) is 0.540. The third-order valence-corrected chi connectivity index (χ3v) is 4.35. The van der Waals surface area contributed by atoms with Crippen molar-refractivity contribution in [3.63, 3.8) is 0 Å². The van der Waals surface area contributed by atoms with E-state index in [1.54, 1.807) is 0 Å². The Morgan fingerprint density at radius 2 is 1.92 bits per heavy atom. The molecule has 1 N–H and O–H groups in total. The summed E-state index contributed by atoms with van der Waals surface area (Å²) in [6.45, 7) is 7.28. The van der Waals surface area contributed by atoms with E-state index in [4.69, 9.17) is 9.47 Å². The van der Waals surface area contributed by atoms with Gasteiger partial charge in [0.25, 0.3) is 5.91 Å².